The lowest BCUT2D eigenvalue weighted by molar-refractivity contribution is -0.125. The minimum absolute atomic E-state index is 0.0259. The van der Waals surface area contributed by atoms with E-state index >= 15 is 0 Å². The van der Waals surface area contributed by atoms with Crippen LogP contribution in [0.2, 0.25) is 0 Å². The van der Waals surface area contributed by atoms with Crippen molar-refractivity contribution in [2.24, 2.45) is 0 Å². The fourth-order valence-corrected chi connectivity index (χ4v) is 4.92. The van der Waals surface area contributed by atoms with Crippen LogP contribution in [0.3, 0.4) is 0 Å². The molecule has 4 rings (SSSR count). The largest absolute Gasteiger partial charge is 0.493 e. The predicted molar refractivity (Wildman–Crippen MR) is 185 cm³/mol. The topological polar surface area (TPSA) is 133 Å². The number of hydrogen-bond donors (Lipinski definition) is 2. The van der Waals surface area contributed by atoms with Gasteiger partial charge in [-0.05, 0) is 62.6 Å². The van der Waals surface area contributed by atoms with Crippen LogP contribution in [-0.2, 0) is 4.79 Å². The highest BCUT2D eigenvalue weighted by Gasteiger charge is 2.21. The molecular weight excluding hydrogens is 614 g/mol. The monoisotopic (exact) mass is 655 g/mol. The van der Waals surface area contributed by atoms with Gasteiger partial charge in [-0.2, -0.15) is 4.98 Å². The first-order chi connectivity index (χ1) is 23.1. The smallest absolute Gasteiger partial charge is 0.262 e. The number of methoxy groups -OCH3 is 4. The lowest BCUT2D eigenvalue weighted by Crippen LogP contribution is -2.28. The molecule has 0 bridgehead atoms. The Morgan fingerprint density at radius 2 is 1.48 bits per heavy atom. The average molecular weight is 656 g/mol. The summed E-state index contributed by atoms with van der Waals surface area (Å²) >= 11 is 0. The van der Waals surface area contributed by atoms with E-state index in [1.54, 1.807) is 41.3 Å². The van der Waals surface area contributed by atoms with Crippen LogP contribution in [0.25, 0.3) is 6.08 Å². The van der Waals surface area contributed by atoms with Crippen molar-refractivity contribution in [3.05, 3.63) is 83.1 Å². The Morgan fingerprint density at radius 1 is 0.833 bits per heavy atom. The average Bonchev–Trinajstić information content (AvgIpc) is 3.09. The Balaban J connectivity index is 1.73. The van der Waals surface area contributed by atoms with E-state index in [2.05, 4.69) is 20.6 Å². The number of aromatic nitrogens is 2. The zero-order valence-corrected chi connectivity index (χ0v) is 28.5. The van der Waals surface area contributed by atoms with E-state index in [9.17, 15) is 9.59 Å². The molecule has 1 heterocycles. The van der Waals surface area contributed by atoms with Crippen LogP contribution >= 0.6 is 0 Å². The molecular formula is C36H41N5O7. The number of rotatable bonds is 14. The maximum absolute atomic E-state index is 13.7. The molecule has 0 aliphatic heterocycles. The number of para-hydroxylation sites is 1. The Bertz CT molecular complexity index is 1760. The summed E-state index contributed by atoms with van der Waals surface area (Å²) in [5.74, 6) is 1.50. The van der Waals surface area contributed by atoms with Crippen LogP contribution in [0.15, 0.2) is 60.8 Å². The third-order valence-corrected chi connectivity index (χ3v) is 7.53. The second kappa shape index (κ2) is 16.2. The van der Waals surface area contributed by atoms with E-state index in [0.29, 0.717) is 53.2 Å². The molecule has 0 atom stereocenters. The van der Waals surface area contributed by atoms with E-state index in [4.69, 9.17) is 23.7 Å². The molecule has 0 aliphatic carbocycles. The number of aryl methyl sites for hydroxylation is 2. The quantitative estimate of drug-likeness (QED) is 0.140. The minimum Gasteiger partial charge on any atom is -0.493 e. The number of carbonyl (C=O) groups is 2. The Hall–Kier alpha value is -5.78. The van der Waals surface area contributed by atoms with Crippen LogP contribution in [-0.4, -0.2) is 68.2 Å². The molecule has 4 aromatic rings. The van der Waals surface area contributed by atoms with Crippen molar-refractivity contribution in [2.75, 3.05) is 52.2 Å². The Kier molecular flexibility index (Phi) is 11.8. The molecule has 48 heavy (non-hydrogen) atoms. The van der Waals surface area contributed by atoms with Crippen LogP contribution in [0.4, 0.5) is 17.3 Å². The summed E-state index contributed by atoms with van der Waals surface area (Å²) in [6, 6.07) is 14.3. The number of nitrogens with zero attached hydrogens (tertiary/aromatic N) is 3. The number of likely N-dealkylation sites (N-methyl/N-ethyl adjacent to an activating group) is 1. The summed E-state index contributed by atoms with van der Waals surface area (Å²) in [6.07, 6.45) is 4.61. The molecule has 1 aromatic heterocycles. The molecule has 0 aliphatic rings. The molecule has 12 heteroatoms. The van der Waals surface area contributed by atoms with Crippen molar-refractivity contribution in [2.45, 2.75) is 27.7 Å². The molecule has 2 N–H and O–H groups in total. The molecule has 3 aromatic carbocycles. The molecule has 0 radical (unpaired) electrons. The summed E-state index contributed by atoms with van der Waals surface area (Å²) in [7, 11) is 6.06. The van der Waals surface area contributed by atoms with E-state index in [1.165, 1.54) is 40.7 Å². The summed E-state index contributed by atoms with van der Waals surface area (Å²) < 4.78 is 28.3. The first-order valence-electron chi connectivity index (χ1n) is 15.3. The third-order valence-electron chi connectivity index (χ3n) is 7.53. The number of hydrogen-bond acceptors (Lipinski definition) is 10. The highest BCUT2D eigenvalue weighted by Crippen LogP contribution is 2.41. The molecule has 0 fully saturated rings. The van der Waals surface area contributed by atoms with Crippen LogP contribution in [0.1, 0.15) is 40.9 Å². The van der Waals surface area contributed by atoms with Gasteiger partial charge in [0, 0.05) is 48.9 Å². The van der Waals surface area contributed by atoms with Gasteiger partial charge in [-0.25, -0.2) is 4.98 Å². The van der Waals surface area contributed by atoms with Gasteiger partial charge in [-0.3, -0.25) is 9.59 Å². The maximum Gasteiger partial charge on any atom is 0.262 e. The van der Waals surface area contributed by atoms with E-state index in [0.717, 1.165) is 16.7 Å². The van der Waals surface area contributed by atoms with Gasteiger partial charge in [0.2, 0.25) is 23.5 Å². The van der Waals surface area contributed by atoms with Gasteiger partial charge in [0.25, 0.3) is 5.91 Å². The fraction of sp³-hybridized carbons (Fsp3) is 0.278. The zero-order chi connectivity index (χ0) is 34.8. The van der Waals surface area contributed by atoms with Gasteiger partial charge >= 0.3 is 0 Å². The van der Waals surface area contributed by atoms with E-state index in [-0.39, 0.29) is 23.3 Å². The van der Waals surface area contributed by atoms with Crippen molar-refractivity contribution >= 4 is 35.2 Å². The standard InChI is InChI=1S/C36H41N5O7/c1-9-41(10-2)31(42)17-15-24-14-16-27(28(18-24)44-5)48-35-26(34(43)39-32-22(3)12-11-13-23(32)4)21-37-36(40-35)38-25-19-29(45-6)33(47-8)30(20-25)46-7/h11-21H,9-10H2,1-8H3,(H,39,43)(H,37,38,40). The predicted octanol–water partition coefficient (Wildman–Crippen LogP) is 6.80. The van der Waals surface area contributed by atoms with Gasteiger partial charge < -0.3 is 39.2 Å². The van der Waals surface area contributed by atoms with Gasteiger partial charge in [0.1, 0.15) is 5.56 Å². The number of anilines is 3. The second-order valence-electron chi connectivity index (χ2n) is 10.5. The van der Waals surface area contributed by atoms with Crippen molar-refractivity contribution in [3.63, 3.8) is 0 Å². The number of carbonyl (C=O) groups excluding carboxylic acids is 2. The number of benzene rings is 3. The Morgan fingerprint density at radius 3 is 2.06 bits per heavy atom. The van der Waals surface area contributed by atoms with Crippen LogP contribution in [0.5, 0.6) is 34.6 Å². The molecule has 2 amide bonds. The van der Waals surface area contributed by atoms with Crippen molar-refractivity contribution < 1.29 is 33.3 Å². The first kappa shape index (κ1) is 35.1. The zero-order valence-electron chi connectivity index (χ0n) is 28.5. The van der Waals surface area contributed by atoms with Gasteiger partial charge in [-0.1, -0.05) is 24.3 Å². The van der Waals surface area contributed by atoms with Crippen LogP contribution < -0.4 is 34.3 Å². The highest BCUT2D eigenvalue weighted by molar-refractivity contribution is 6.06. The van der Waals surface area contributed by atoms with Gasteiger partial charge in [-0.15, -0.1) is 0 Å². The molecule has 0 saturated carbocycles. The van der Waals surface area contributed by atoms with Crippen molar-refractivity contribution in [3.8, 4) is 34.6 Å². The number of nitrogens with one attached hydrogen (secondary N) is 2. The Labute approximate surface area is 280 Å². The summed E-state index contributed by atoms with van der Waals surface area (Å²) in [5, 5.41) is 6.10. The fourth-order valence-electron chi connectivity index (χ4n) is 4.92. The van der Waals surface area contributed by atoms with E-state index < -0.39 is 5.91 Å². The molecule has 252 valence electrons. The molecule has 0 unspecified atom stereocenters. The SMILES string of the molecule is CCN(CC)C(=O)C=Cc1ccc(Oc2nc(Nc3cc(OC)c(OC)c(OC)c3)ncc2C(=O)Nc2c(C)cccc2C)c(OC)c1. The first-order valence-corrected chi connectivity index (χ1v) is 15.3. The molecule has 0 spiro atoms. The van der Waals surface area contributed by atoms with Crippen molar-refractivity contribution in [1.82, 2.24) is 14.9 Å². The highest BCUT2D eigenvalue weighted by atomic mass is 16.5. The molecule has 12 nitrogen and oxygen atoms in total. The summed E-state index contributed by atoms with van der Waals surface area (Å²) in [6.45, 7) is 8.92. The number of amides is 2. The molecule has 0 saturated heterocycles. The van der Waals surface area contributed by atoms with Crippen LogP contribution in [0, 0.1) is 13.8 Å². The number of ether oxygens (including phenoxy) is 5. The second-order valence-corrected chi connectivity index (χ2v) is 10.5. The summed E-state index contributed by atoms with van der Waals surface area (Å²) in [5.41, 5.74) is 3.83. The van der Waals surface area contributed by atoms with E-state index in [1.807, 2.05) is 45.9 Å². The van der Waals surface area contributed by atoms with Gasteiger partial charge in [0.05, 0.1) is 28.4 Å². The summed E-state index contributed by atoms with van der Waals surface area (Å²) in [4.78, 5) is 36.9. The van der Waals surface area contributed by atoms with Gasteiger partial charge in [0.15, 0.2) is 23.0 Å². The lowest BCUT2D eigenvalue weighted by atomic mass is 10.1. The third kappa shape index (κ3) is 8.13. The normalized spacial score (nSPS) is 10.8. The minimum atomic E-state index is -0.463. The van der Waals surface area contributed by atoms with Crippen molar-refractivity contribution in [1.29, 1.82) is 0 Å². The lowest BCUT2D eigenvalue weighted by Gasteiger charge is -2.17. The maximum atomic E-state index is 13.7.